The van der Waals surface area contributed by atoms with Crippen LogP contribution in [-0.4, -0.2) is 6.54 Å². The van der Waals surface area contributed by atoms with Gasteiger partial charge in [-0.25, -0.2) is 0 Å². The van der Waals surface area contributed by atoms with E-state index in [1.807, 2.05) is 0 Å². The molecule has 0 bridgehead atoms. The molecule has 1 nitrogen and oxygen atoms in total. The monoisotopic (exact) mass is 219 g/mol. The minimum Gasteiger partial charge on any atom is -0.330 e. The first-order chi connectivity index (χ1) is 4.75. The first-order valence-corrected chi connectivity index (χ1v) is 4.85. The summed E-state index contributed by atoms with van der Waals surface area (Å²) in [6.45, 7) is 2.83. The van der Waals surface area contributed by atoms with Crippen LogP contribution in [0.2, 0.25) is 0 Å². The number of hydrogen-bond acceptors (Lipinski definition) is 2. The maximum Gasteiger partial charge on any atom is 0.0344 e. The van der Waals surface area contributed by atoms with Crippen LogP contribution in [0, 0.1) is 6.92 Å². The van der Waals surface area contributed by atoms with Crippen LogP contribution in [0.4, 0.5) is 0 Å². The predicted octanol–water partition coefficient (Wildman–Crippen LogP) is 2.32. The number of aryl methyl sites for hydroxylation is 1. The van der Waals surface area contributed by atoms with Crippen LogP contribution in [0.1, 0.15) is 10.4 Å². The molecule has 1 aromatic rings. The summed E-state index contributed by atoms with van der Waals surface area (Å²) >= 11 is 5.28. The lowest BCUT2D eigenvalue weighted by Gasteiger charge is -1.93. The second-order valence-corrected chi connectivity index (χ2v) is 3.95. The van der Waals surface area contributed by atoms with Crippen molar-refractivity contribution in [2.24, 2.45) is 5.73 Å². The largest absolute Gasteiger partial charge is 0.330 e. The number of nitrogens with two attached hydrogens (primary N) is 1. The molecule has 0 aliphatic heterocycles. The molecule has 0 aromatic carbocycles. The lowest BCUT2D eigenvalue weighted by molar-refractivity contribution is 0.983. The summed E-state index contributed by atoms with van der Waals surface area (Å²) in [5.41, 5.74) is 6.74. The summed E-state index contributed by atoms with van der Waals surface area (Å²) in [6.07, 6.45) is 0.985. The van der Waals surface area contributed by atoms with Gasteiger partial charge in [0, 0.05) is 9.35 Å². The average molecular weight is 220 g/mol. The first-order valence-electron chi connectivity index (χ1n) is 3.18. The standard InChI is InChI=1S/C7H10BrNS/c1-5-4-10-6(2-3-9)7(5)8/h4H,2-3,9H2,1H3. The summed E-state index contributed by atoms with van der Waals surface area (Å²) in [5, 5.41) is 2.15. The molecule has 3 heteroatoms. The van der Waals surface area contributed by atoms with Gasteiger partial charge in [0.05, 0.1) is 0 Å². The summed E-state index contributed by atoms with van der Waals surface area (Å²) < 4.78 is 1.24. The van der Waals surface area contributed by atoms with Crippen molar-refractivity contribution < 1.29 is 0 Å². The van der Waals surface area contributed by atoms with Crippen LogP contribution in [0.3, 0.4) is 0 Å². The predicted molar refractivity (Wildman–Crippen MR) is 49.5 cm³/mol. The molecule has 56 valence electrons. The van der Waals surface area contributed by atoms with E-state index in [4.69, 9.17) is 5.73 Å². The zero-order valence-electron chi connectivity index (χ0n) is 5.86. The minimum atomic E-state index is 0.735. The fraction of sp³-hybridized carbons (Fsp3) is 0.429. The third-order valence-electron chi connectivity index (χ3n) is 1.34. The molecule has 0 fully saturated rings. The van der Waals surface area contributed by atoms with Crippen LogP contribution >= 0.6 is 27.3 Å². The normalized spacial score (nSPS) is 10.3. The van der Waals surface area contributed by atoms with Gasteiger partial charge in [-0.15, -0.1) is 11.3 Å². The lowest BCUT2D eigenvalue weighted by atomic mass is 10.3. The van der Waals surface area contributed by atoms with Gasteiger partial charge in [-0.3, -0.25) is 0 Å². The molecule has 0 aliphatic carbocycles. The number of rotatable bonds is 2. The molecular formula is C7H10BrNS. The number of halogens is 1. The average Bonchev–Trinajstić information content (AvgIpc) is 2.20. The molecule has 1 rings (SSSR count). The lowest BCUT2D eigenvalue weighted by Crippen LogP contribution is -2.01. The molecule has 1 heterocycles. The molecule has 2 N–H and O–H groups in total. The van der Waals surface area contributed by atoms with E-state index in [2.05, 4.69) is 28.2 Å². The van der Waals surface area contributed by atoms with Crippen molar-refractivity contribution in [3.8, 4) is 0 Å². The summed E-state index contributed by atoms with van der Waals surface area (Å²) in [7, 11) is 0. The second-order valence-electron chi connectivity index (χ2n) is 2.19. The Morgan fingerprint density at radius 3 is 2.80 bits per heavy atom. The number of thiophene rings is 1. The van der Waals surface area contributed by atoms with E-state index in [9.17, 15) is 0 Å². The smallest absolute Gasteiger partial charge is 0.0344 e. The van der Waals surface area contributed by atoms with Gasteiger partial charge in [-0.05, 0) is 46.8 Å². The highest BCUT2D eigenvalue weighted by Crippen LogP contribution is 2.27. The molecule has 0 radical (unpaired) electrons. The Bertz CT molecular complexity index is 219. The summed E-state index contributed by atoms with van der Waals surface area (Å²) in [4.78, 5) is 1.36. The maximum atomic E-state index is 5.42. The summed E-state index contributed by atoms with van der Waals surface area (Å²) in [6, 6.07) is 0. The molecule has 0 saturated heterocycles. The second kappa shape index (κ2) is 3.51. The van der Waals surface area contributed by atoms with Crippen molar-refractivity contribution in [3.05, 3.63) is 20.3 Å². The molecule has 0 spiro atoms. The van der Waals surface area contributed by atoms with Crippen LogP contribution in [0.5, 0.6) is 0 Å². The topological polar surface area (TPSA) is 26.0 Å². The fourth-order valence-corrected chi connectivity index (χ4v) is 2.46. The highest BCUT2D eigenvalue weighted by atomic mass is 79.9. The van der Waals surface area contributed by atoms with E-state index < -0.39 is 0 Å². The van der Waals surface area contributed by atoms with Gasteiger partial charge >= 0.3 is 0 Å². The van der Waals surface area contributed by atoms with Crippen molar-refractivity contribution in [2.45, 2.75) is 13.3 Å². The molecule has 0 aliphatic rings. The Balaban J connectivity index is 2.83. The molecule has 0 unspecified atom stereocenters. The highest BCUT2D eigenvalue weighted by molar-refractivity contribution is 9.10. The zero-order valence-corrected chi connectivity index (χ0v) is 8.26. The van der Waals surface area contributed by atoms with Crippen LogP contribution in [0.25, 0.3) is 0 Å². The number of hydrogen-bond donors (Lipinski definition) is 1. The van der Waals surface area contributed by atoms with Gasteiger partial charge in [0.1, 0.15) is 0 Å². The van der Waals surface area contributed by atoms with Crippen LogP contribution in [0.15, 0.2) is 9.85 Å². The fourth-order valence-electron chi connectivity index (χ4n) is 0.783. The van der Waals surface area contributed by atoms with E-state index in [0.717, 1.165) is 13.0 Å². The van der Waals surface area contributed by atoms with E-state index in [1.54, 1.807) is 11.3 Å². The maximum absolute atomic E-state index is 5.42. The van der Waals surface area contributed by atoms with Gasteiger partial charge in [0.25, 0.3) is 0 Å². The Hall–Kier alpha value is 0.140. The van der Waals surface area contributed by atoms with Crippen molar-refractivity contribution in [1.29, 1.82) is 0 Å². The minimum absolute atomic E-state index is 0.735. The summed E-state index contributed by atoms with van der Waals surface area (Å²) in [5.74, 6) is 0. The Kier molecular flexibility index (Phi) is 2.89. The Morgan fingerprint density at radius 2 is 2.40 bits per heavy atom. The molecule has 0 saturated carbocycles. The Morgan fingerprint density at radius 1 is 1.70 bits per heavy atom. The van der Waals surface area contributed by atoms with E-state index in [-0.39, 0.29) is 0 Å². The van der Waals surface area contributed by atoms with Crippen LogP contribution < -0.4 is 5.73 Å². The highest BCUT2D eigenvalue weighted by Gasteiger charge is 2.03. The third kappa shape index (κ3) is 1.59. The zero-order chi connectivity index (χ0) is 7.56. The third-order valence-corrected chi connectivity index (χ3v) is 3.87. The molecule has 0 atom stereocenters. The Labute approximate surface area is 73.4 Å². The van der Waals surface area contributed by atoms with E-state index >= 15 is 0 Å². The van der Waals surface area contributed by atoms with Crippen LogP contribution in [-0.2, 0) is 6.42 Å². The molecule has 0 amide bonds. The van der Waals surface area contributed by atoms with Gasteiger partial charge < -0.3 is 5.73 Å². The first kappa shape index (κ1) is 8.24. The molecule has 10 heavy (non-hydrogen) atoms. The van der Waals surface area contributed by atoms with E-state index in [1.165, 1.54) is 14.9 Å². The van der Waals surface area contributed by atoms with Crippen molar-refractivity contribution in [3.63, 3.8) is 0 Å². The molecular weight excluding hydrogens is 210 g/mol. The van der Waals surface area contributed by atoms with Crippen molar-refractivity contribution in [2.75, 3.05) is 6.54 Å². The van der Waals surface area contributed by atoms with Gasteiger partial charge in [-0.1, -0.05) is 0 Å². The van der Waals surface area contributed by atoms with Crippen molar-refractivity contribution in [1.82, 2.24) is 0 Å². The van der Waals surface area contributed by atoms with Crippen molar-refractivity contribution >= 4 is 27.3 Å². The van der Waals surface area contributed by atoms with E-state index in [0.29, 0.717) is 0 Å². The quantitative estimate of drug-likeness (QED) is 0.813. The van der Waals surface area contributed by atoms with Gasteiger partial charge in [0.15, 0.2) is 0 Å². The van der Waals surface area contributed by atoms with Gasteiger partial charge in [-0.2, -0.15) is 0 Å². The van der Waals surface area contributed by atoms with Gasteiger partial charge in [0.2, 0.25) is 0 Å². The SMILES string of the molecule is Cc1csc(CCN)c1Br. The molecule has 1 aromatic heterocycles.